The fraction of sp³-hybridized carbons (Fsp3) is 0.250. The number of hydrogen-bond donors (Lipinski definition) is 1. The van der Waals surface area contributed by atoms with E-state index in [1.165, 1.54) is 12.7 Å². The normalized spacial score (nSPS) is 13.6. The fourth-order valence-electron chi connectivity index (χ4n) is 4.95. The van der Waals surface area contributed by atoms with Crippen molar-refractivity contribution >= 4 is 34.4 Å². The Labute approximate surface area is 232 Å². The molecule has 40 heavy (non-hydrogen) atoms. The zero-order valence-electron chi connectivity index (χ0n) is 22.6. The second-order valence-corrected chi connectivity index (χ2v) is 9.90. The van der Waals surface area contributed by atoms with Crippen LogP contribution in [0.4, 0.5) is 5.69 Å². The third-order valence-corrected chi connectivity index (χ3v) is 7.17. The molecule has 1 fully saturated rings. The number of aromatic nitrogens is 1. The van der Waals surface area contributed by atoms with Gasteiger partial charge in [-0.2, -0.15) is 0 Å². The van der Waals surface area contributed by atoms with Gasteiger partial charge < -0.3 is 19.7 Å². The van der Waals surface area contributed by atoms with E-state index in [2.05, 4.69) is 15.0 Å². The fourth-order valence-corrected chi connectivity index (χ4v) is 4.95. The van der Waals surface area contributed by atoms with Gasteiger partial charge in [-0.1, -0.05) is 18.2 Å². The minimum atomic E-state index is -0.430. The summed E-state index contributed by atoms with van der Waals surface area (Å²) in [6, 6.07) is 23.9. The number of piperidine rings is 1. The Balaban J connectivity index is 1.10. The number of methoxy groups -OCH3 is 1. The predicted octanol–water partition coefficient (Wildman–Crippen LogP) is 5.37. The van der Waals surface area contributed by atoms with Crippen molar-refractivity contribution in [2.45, 2.75) is 25.7 Å². The first-order valence-corrected chi connectivity index (χ1v) is 13.3. The summed E-state index contributed by atoms with van der Waals surface area (Å²) >= 11 is 0. The summed E-state index contributed by atoms with van der Waals surface area (Å²) in [7, 11) is 1.32. The SMILES string of the molecule is COC(=O)c1ccc(OCC(=O)Nc2ccc(C3CCN(C(=O)c4ccc5nc(C)ccc5c4)CC3)cc2)cc1. The molecule has 4 aromatic rings. The largest absolute Gasteiger partial charge is 0.484 e. The molecule has 0 saturated carbocycles. The average molecular weight is 538 g/mol. The molecular formula is C32H31N3O5. The molecule has 204 valence electrons. The molecule has 2 heterocycles. The van der Waals surface area contributed by atoms with E-state index in [0.717, 1.165) is 29.4 Å². The molecule has 0 unspecified atom stereocenters. The lowest BCUT2D eigenvalue weighted by Gasteiger charge is -2.32. The summed E-state index contributed by atoms with van der Waals surface area (Å²) in [4.78, 5) is 43.4. The van der Waals surface area contributed by atoms with Crippen molar-refractivity contribution in [1.82, 2.24) is 9.88 Å². The van der Waals surface area contributed by atoms with E-state index in [4.69, 9.17) is 4.74 Å². The van der Waals surface area contributed by atoms with Gasteiger partial charge >= 0.3 is 5.97 Å². The quantitative estimate of drug-likeness (QED) is 0.319. The van der Waals surface area contributed by atoms with Crippen molar-refractivity contribution < 1.29 is 23.9 Å². The molecule has 2 amide bonds. The molecule has 3 aromatic carbocycles. The number of benzene rings is 3. The second kappa shape index (κ2) is 12.0. The summed E-state index contributed by atoms with van der Waals surface area (Å²) in [5.41, 5.74) is 4.84. The van der Waals surface area contributed by atoms with Crippen LogP contribution in [0.15, 0.2) is 78.9 Å². The lowest BCUT2D eigenvalue weighted by atomic mass is 9.89. The minimum absolute atomic E-state index is 0.0561. The van der Waals surface area contributed by atoms with Gasteiger partial charge in [-0.25, -0.2) is 4.79 Å². The van der Waals surface area contributed by atoms with E-state index < -0.39 is 5.97 Å². The van der Waals surface area contributed by atoms with Crippen molar-refractivity contribution in [1.29, 1.82) is 0 Å². The zero-order chi connectivity index (χ0) is 28.1. The van der Waals surface area contributed by atoms with Gasteiger partial charge in [0.2, 0.25) is 0 Å². The van der Waals surface area contributed by atoms with Gasteiger partial charge in [0.1, 0.15) is 5.75 Å². The highest BCUT2D eigenvalue weighted by Gasteiger charge is 2.25. The average Bonchev–Trinajstić information content (AvgIpc) is 2.99. The van der Waals surface area contributed by atoms with E-state index in [9.17, 15) is 14.4 Å². The molecule has 8 heteroatoms. The summed E-state index contributed by atoms with van der Waals surface area (Å²) in [5.74, 6) is 0.183. The van der Waals surface area contributed by atoms with Gasteiger partial charge in [0.25, 0.3) is 11.8 Å². The number of hydrogen-bond acceptors (Lipinski definition) is 6. The summed E-state index contributed by atoms with van der Waals surface area (Å²) in [6.07, 6.45) is 1.77. The molecule has 1 N–H and O–H groups in total. The molecular weight excluding hydrogens is 506 g/mol. The van der Waals surface area contributed by atoms with Gasteiger partial charge in [-0.3, -0.25) is 14.6 Å². The van der Waals surface area contributed by atoms with E-state index in [0.29, 0.717) is 41.6 Å². The van der Waals surface area contributed by atoms with E-state index >= 15 is 0 Å². The van der Waals surface area contributed by atoms with E-state index in [1.54, 1.807) is 24.3 Å². The Bertz CT molecular complexity index is 1520. The number of aryl methyl sites for hydroxylation is 1. The Hall–Kier alpha value is -4.72. The molecule has 1 saturated heterocycles. The molecule has 1 aliphatic rings. The number of carbonyl (C=O) groups excluding carboxylic acids is 3. The van der Waals surface area contributed by atoms with Crippen LogP contribution in [0.1, 0.15) is 50.7 Å². The number of amides is 2. The van der Waals surface area contributed by atoms with Crippen LogP contribution in [0, 0.1) is 6.92 Å². The van der Waals surface area contributed by atoms with Gasteiger partial charge in [-0.05, 0) is 91.9 Å². The van der Waals surface area contributed by atoms with Crippen molar-refractivity contribution in [3.8, 4) is 5.75 Å². The van der Waals surface area contributed by atoms with E-state index in [1.807, 2.05) is 66.4 Å². The Morgan fingerprint density at radius 1 is 0.900 bits per heavy atom. The van der Waals surface area contributed by atoms with Gasteiger partial charge in [0.15, 0.2) is 6.61 Å². The summed E-state index contributed by atoms with van der Waals surface area (Å²) in [6.45, 7) is 3.20. The van der Waals surface area contributed by atoms with Crippen LogP contribution < -0.4 is 10.1 Å². The van der Waals surface area contributed by atoms with Crippen LogP contribution >= 0.6 is 0 Å². The second-order valence-electron chi connectivity index (χ2n) is 9.90. The number of carbonyl (C=O) groups is 3. The predicted molar refractivity (Wildman–Crippen MR) is 153 cm³/mol. The standard InChI is InChI=1S/C32H31N3O5/c1-21-3-4-25-19-26(9-14-29(25)33-21)31(37)35-17-15-23(16-18-35)22-5-10-27(11-6-22)34-30(36)20-40-28-12-7-24(8-13-28)32(38)39-2/h3-14,19,23H,15-18,20H2,1-2H3,(H,34,36). The smallest absolute Gasteiger partial charge is 0.337 e. The molecule has 0 aliphatic carbocycles. The van der Waals surface area contributed by atoms with Crippen LogP contribution in [-0.2, 0) is 9.53 Å². The number of nitrogens with one attached hydrogen (secondary N) is 1. The molecule has 1 aliphatic heterocycles. The Morgan fingerprint density at radius 2 is 1.60 bits per heavy atom. The van der Waals surface area contributed by atoms with Crippen LogP contribution in [-0.4, -0.2) is 54.5 Å². The van der Waals surface area contributed by atoms with Crippen LogP contribution in [0.5, 0.6) is 5.75 Å². The maximum atomic E-state index is 13.1. The van der Waals surface area contributed by atoms with Crippen LogP contribution in [0.2, 0.25) is 0 Å². The number of likely N-dealkylation sites (tertiary alicyclic amines) is 1. The third-order valence-electron chi connectivity index (χ3n) is 7.17. The third kappa shape index (κ3) is 6.29. The topological polar surface area (TPSA) is 97.8 Å². The number of rotatable bonds is 7. The minimum Gasteiger partial charge on any atom is -0.484 e. The molecule has 0 atom stereocenters. The molecule has 1 aromatic heterocycles. The van der Waals surface area contributed by atoms with Crippen molar-refractivity contribution in [3.05, 3.63) is 101 Å². The number of anilines is 1. The van der Waals surface area contributed by atoms with Crippen molar-refractivity contribution in [2.24, 2.45) is 0 Å². The summed E-state index contributed by atoms with van der Waals surface area (Å²) in [5, 5.41) is 3.81. The molecule has 5 rings (SSSR count). The van der Waals surface area contributed by atoms with Crippen molar-refractivity contribution in [2.75, 3.05) is 32.1 Å². The number of nitrogens with zero attached hydrogens (tertiary/aromatic N) is 2. The van der Waals surface area contributed by atoms with Gasteiger partial charge in [0.05, 0.1) is 18.2 Å². The van der Waals surface area contributed by atoms with Crippen LogP contribution in [0.25, 0.3) is 10.9 Å². The molecule has 8 nitrogen and oxygen atoms in total. The number of fused-ring (bicyclic) bond motifs is 1. The summed E-state index contributed by atoms with van der Waals surface area (Å²) < 4.78 is 10.2. The Morgan fingerprint density at radius 3 is 2.30 bits per heavy atom. The van der Waals surface area contributed by atoms with Gasteiger partial charge in [0, 0.05) is 35.4 Å². The van der Waals surface area contributed by atoms with Gasteiger partial charge in [-0.15, -0.1) is 0 Å². The number of esters is 1. The lowest BCUT2D eigenvalue weighted by Crippen LogP contribution is -2.37. The number of ether oxygens (including phenoxy) is 2. The lowest BCUT2D eigenvalue weighted by molar-refractivity contribution is -0.118. The monoisotopic (exact) mass is 537 g/mol. The first kappa shape index (κ1) is 26.9. The Kier molecular flexibility index (Phi) is 8.05. The van der Waals surface area contributed by atoms with E-state index in [-0.39, 0.29) is 18.4 Å². The zero-order valence-corrected chi connectivity index (χ0v) is 22.6. The molecule has 0 spiro atoms. The number of pyridine rings is 1. The highest BCUT2D eigenvalue weighted by Crippen LogP contribution is 2.30. The first-order chi connectivity index (χ1) is 19.4. The highest BCUT2D eigenvalue weighted by atomic mass is 16.5. The maximum Gasteiger partial charge on any atom is 0.337 e. The van der Waals surface area contributed by atoms with Crippen molar-refractivity contribution in [3.63, 3.8) is 0 Å². The van der Waals surface area contributed by atoms with Crippen LogP contribution in [0.3, 0.4) is 0 Å². The first-order valence-electron chi connectivity index (χ1n) is 13.3. The molecule has 0 radical (unpaired) electrons. The highest BCUT2D eigenvalue weighted by molar-refractivity contribution is 5.98. The molecule has 0 bridgehead atoms. The maximum absolute atomic E-state index is 13.1.